The Hall–Kier alpha value is -3.14. The van der Waals surface area contributed by atoms with Crippen LogP contribution in [0.3, 0.4) is 0 Å². The molecule has 3 aromatic rings. The number of fused-ring (bicyclic) bond motifs is 3. The van der Waals surface area contributed by atoms with E-state index in [1.54, 1.807) is 12.1 Å². The molecule has 2 aliphatic heterocycles. The lowest BCUT2D eigenvalue weighted by molar-refractivity contribution is -0.0190. The fourth-order valence-electron chi connectivity index (χ4n) is 3.80. The molecule has 5 rings (SSSR count). The van der Waals surface area contributed by atoms with Crippen LogP contribution in [-0.4, -0.2) is 10.7 Å². The summed E-state index contributed by atoms with van der Waals surface area (Å²) >= 11 is 0. The average Bonchev–Trinajstić information content (AvgIpc) is 3.14. The van der Waals surface area contributed by atoms with Crippen LogP contribution in [0.25, 0.3) is 0 Å². The van der Waals surface area contributed by atoms with Crippen LogP contribution >= 0.6 is 0 Å². The van der Waals surface area contributed by atoms with E-state index in [1.807, 2.05) is 23.2 Å². The van der Waals surface area contributed by atoms with Gasteiger partial charge in [0.2, 0.25) is 6.23 Å². The lowest BCUT2D eigenvalue weighted by atomic mass is 9.96. The Morgan fingerprint density at radius 3 is 2.48 bits per heavy atom. The highest BCUT2D eigenvalue weighted by Gasteiger charge is 2.40. The zero-order valence-corrected chi connectivity index (χ0v) is 15.0. The van der Waals surface area contributed by atoms with E-state index in [0.29, 0.717) is 0 Å². The lowest BCUT2D eigenvalue weighted by Crippen LogP contribution is -2.33. The van der Waals surface area contributed by atoms with Crippen molar-refractivity contribution in [2.24, 2.45) is 5.10 Å². The third-order valence-corrected chi connectivity index (χ3v) is 5.24. The molecular weight excluding hydrogens is 339 g/mol. The molecule has 0 unspecified atom stereocenters. The molecule has 2 atom stereocenters. The van der Waals surface area contributed by atoms with Gasteiger partial charge in [-0.25, -0.2) is 9.40 Å². The van der Waals surface area contributed by atoms with Crippen LogP contribution in [0.15, 0.2) is 77.9 Å². The van der Waals surface area contributed by atoms with Gasteiger partial charge in [-0.15, -0.1) is 0 Å². The number of ether oxygens (including phenoxy) is 1. The molecule has 0 bridgehead atoms. The predicted octanol–water partition coefficient (Wildman–Crippen LogP) is 5.38. The Balaban J connectivity index is 1.58. The largest absolute Gasteiger partial charge is 0.464 e. The van der Waals surface area contributed by atoms with E-state index in [4.69, 9.17) is 9.84 Å². The van der Waals surface area contributed by atoms with Crippen molar-refractivity contribution in [2.75, 3.05) is 0 Å². The average molecular weight is 358 g/mol. The predicted molar refractivity (Wildman–Crippen MR) is 103 cm³/mol. The minimum absolute atomic E-state index is 0.112. The number of aryl methyl sites for hydroxylation is 1. The SMILES string of the molecule is Cc1ccc([C@H]2Oc3ccccc3[C@H]3CC(c4ccc(F)cc4)=NN32)cc1. The Labute approximate surface area is 157 Å². The van der Waals surface area contributed by atoms with Gasteiger partial charge in [0.15, 0.2) is 0 Å². The highest BCUT2D eigenvalue weighted by atomic mass is 19.1. The summed E-state index contributed by atoms with van der Waals surface area (Å²) in [4.78, 5) is 0. The van der Waals surface area contributed by atoms with E-state index in [0.717, 1.165) is 34.6 Å². The maximum Gasteiger partial charge on any atom is 0.213 e. The fourth-order valence-corrected chi connectivity index (χ4v) is 3.80. The first kappa shape index (κ1) is 16.1. The van der Waals surface area contributed by atoms with Crippen LogP contribution in [0.4, 0.5) is 4.39 Å². The summed E-state index contributed by atoms with van der Waals surface area (Å²) in [6.07, 6.45) is 0.498. The molecule has 27 heavy (non-hydrogen) atoms. The molecule has 0 aliphatic carbocycles. The van der Waals surface area contributed by atoms with Crippen LogP contribution in [0.1, 0.15) is 40.9 Å². The molecule has 0 spiro atoms. The van der Waals surface area contributed by atoms with Crippen molar-refractivity contribution >= 4 is 5.71 Å². The van der Waals surface area contributed by atoms with Gasteiger partial charge >= 0.3 is 0 Å². The monoisotopic (exact) mass is 358 g/mol. The molecular formula is C23H19FN2O. The molecule has 0 aromatic heterocycles. The number of para-hydroxylation sites is 1. The summed E-state index contributed by atoms with van der Waals surface area (Å²) in [5, 5.41) is 6.94. The van der Waals surface area contributed by atoms with E-state index in [9.17, 15) is 4.39 Å². The molecule has 3 nitrogen and oxygen atoms in total. The maximum atomic E-state index is 13.3. The number of benzene rings is 3. The van der Waals surface area contributed by atoms with Gasteiger partial charge in [0.25, 0.3) is 0 Å². The molecule has 0 radical (unpaired) electrons. The standard InChI is InChI=1S/C23H19FN2O/c1-15-6-8-17(9-7-15)23-26-21(19-4-2-3-5-22(19)27-23)14-20(25-26)16-10-12-18(24)13-11-16/h2-13,21,23H,14H2,1H3/t21-,23-/m1/s1. The first-order chi connectivity index (χ1) is 13.2. The number of nitrogens with zero attached hydrogens (tertiary/aromatic N) is 2. The third kappa shape index (κ3) is 2.78. The Bertz CT molecular complexity index is 1010. The summed E-state index contributed by atoms with van der Waals surface area (Å²) < 4.78 is 19.6. The van der Waals surface area contributed by atoms with Crippen molar-refractivity contribution < 1.29 is 9.13 Å². The van der Waals surface area contributed by atoms with Gasteiger partial charge in [-0.1, -0.05) is 60.2 Å². The molecule has 0 N–H and O–H groups in total. The van der Waals surface area contributed by atoms with E-state index >= 15 is 0 Å². The van der Waals surface area contributed by atoms with Crippen molar-refractivity contribution in [2.45, 2.75) is 25.6 Å². The third-order valence-electron chi connectivity index (χ3n) is 5.24. The second-order valence-electron chi connectivity index (χ2n) is 7.07. The first-order valence-electron chi connectivity index (χ1n) is 9.13. The summed E-state index contributed by atoms with van der Waals surface area (Å²) in [7, 11) is 0. The molecule has 0 saturated carbocycles. The van der Waals surface area contributed by atoms with Gasteiger partial charge in [0.05, 0.1) is 11.8 Å². The number of rotatable bonds is 2. The Morgan fingerprint density at radius 1 is 0.963 bits per heavy atom. The van der Waals surface area contributed by atoms with Gasteiger partial charge in [-0.3, -0.25) is 0 Å². The van der Waals surface area contributed by atoms with Crippen molar-refractivity contribution in [1.82, 2.24) is 5.01 Å². The normalized spacial score (nSPS) is 20.5. The van der Waals surface area contributed by atoms with Crippen LogP contribution in [0.5, 0.6) is 5.75 Å². The van der Waals surface area contributed by atoms with Gasteiger partial charge in [0, 0.05) is 17.5 Å². The highest BCUT2D eigenvalue weighted by Crippen LogP contribution is 2.47. The fraction of sp³-hybridized carbons (Fsp3) is 0.174. The molecule has 3 aromatic carbocycles. The number of hydrogen-bond donors (Lipinski definition) is 0. The molecule has 4 heteroatoms. The lowest BCUT2D eigenvalue weighted by Gasteiger charge is -2.38. The molecule has 2 heterocycles. The van der Waals surface area contributed by atoms with Crippen LogP contribution < -0.4 is 4.74 Å². The summed E-state index contributed by atoms with van der Waals surface area (Å²) in [5.41, 5.74) is 5.33. The van der Waals surface area contributed by atoms with Gasteiger partial charge in [0.1, 0.15) is 11.6 Å². The van der Waals surface area contributed by atoms with Crippen molar-refractivity contribution in [3.05, 3.63) is 101 Å². The Kier molecular flexibility index (Phi) is 3.71. The number of halogens is 1. The highest BCUT2D eigenvalue weighted by molar-refractivity contribution is 6.01. The summed E-state index contributed by atoms with van der Waals surface area (Å²) in [5.74, 6) is 0.668. The molecule has 2 aliphatic rings. The maximum absolute atomic E-state index is 13.3. The van der Waals surface area contributed by atoms with E-state index < -0.39 is 0 Å². The van der Waals surface area contributed by atoms with Crippen LogP contribution in [-0.2, 0) is 0 Å². The molecule has 0 fully saturated rings. The zero-order valence-electron chi connectivity index (χ0n) is 15.0. The second kappa shape index (κ2) is 6.23. The topological polar surface area (TPSA) is 24.8 Å². The summed E-state index contributed by atoms with van der Waals surface area (Å²) in [6, 6.07) is 23.2. The second-order valence-corrected chi connectivity index (χ2v) is 7.07. The van der Waals surface area contributed by atoms with Gasteiger partial charge in [-0.05, 0) is 30.7 Å². The summed E-state index contributed by atoms with van der Waals surface area (Å²) in [6.45, 7) is 2.07. The smallest absolute Gasteiger partial charge is 0.213 e. The van der Waals surface area contributed by atoms with E-state index in [-0.39, 0.29) is 18.1 Å². The van der Waals surface area contributed by atoms with Crippen molar-refractivity contribution in [1.29, 1.82) is 0 Å². The van der Waals surface area contributed by atoms with Crippen LogP contribution in [0, 0.1) is 12.7 Å². The van der Waals surface area contributed by atoms with Gasteiger partial charge in [-0.2, -0.15) is 5.10 Å². The van der Waals surface area contributed by atoms with Crippen molar-refractivity contribution in [3.8, 4) is 5.75 Å². The number of hydrogen-bond acceptors (Lipinski definition) is 3. The van der Waals surface area contributed by atoms with E-state index in [2.05, 4.69) is 37.3 Å². The van der Waals surface area contributed by atoms with Gasteiger partial charge < -0.3 is 4.74 Å². The molecule has 134 valence electrons. The zero-order chi connectivity index (χ0) is 18.4. The number of hydrazone groups is 1. The Morgan fingerprint density at radius 2 is 1.70 bits per heavy atom. The molecule has 0 amide bonds. The quantitative estimate of drug-likeness (QED) is 0.615. The minimum Gasteiger partial charge on any atom is -0.464 e. The van der Waals surface area contributed by atoms with E-state index in [1.165, 1.54) is 17.7 Å². The first-order valence-corrected chi connectivity index (χ1v) is 9.13. The van der Waals surface area contributed by atoms with Crippen LogP contribution in [0.2, 0.25) is 0 Å². The van der Waals surface area contributed by atoms with Crippen molar-refractivity contribution in [3.63, 3.8) is 0 Å². The minimum atomic E-state index is -0.275. The molecule has 0 saturated heterocycles.